The van der Waals surface area contributed by atoms with E-state index in [1.807, 2.05) is 0 Å². The van der Waals surface area contributed by atoms with Gasteiger partial charge >= 0.3 is 5.97 Å². The standard InChI is InChI=1S/C5H12N2O3/c6-3(1-5(9)10)4(7)2-8/h3-4,8H,1-2,6-7H2,(H,9,10)/t3-,4-/m0/s1. The highest BCUT2D eigenvalue weighted by atomic mass is 16.4. The van der Waals surface area contributed by atoms with Gasteiger partial charge < -0.3 is 21.7 Å². The minimum atomic E-state index is -1.00. The Balaban J connectivity index is 3.61. The molecule has 0 aromatic rings. The first-order valence-corrected chi connectivity index (χ1v) is 2.91. The first kappa shape index (κ1) is 9.35. The summed E-state index contributed by atoms with van der Waals surface area (Å²) < 4.78 is 0. The van der Waals surface area contributed by atoms with E-state index in [4.69, 9.17) is 21.7 Å². The second kappa shape index (κ2) is 4.21. The van der Waals surface area contributed by atoms with E-state index < -0.39 is 18.1 Å². The Morgan fingerprint density at radius 1 is 1.40 bits per heavy atom. The van der Waals surface area contributed by atoms with E-state index in [1.54, 1.807) is 0 Å². The molecule has 0 amide bonds. The van der Waals surface area contributed by atoms with Gasteiger partial charge in [0, 0.05) is 12.1 Å². The minimum Gasteiger partial charge on any atom is -0.481 e. The van der Waals surface area contributed by atoms with E-state index in [1.165, 1.54) is 0 Å². The molecule has 0 heterocycles. The summed E-state index contributed by atoms with van der Waals surface area (Å²) in [6.07, 6.45) is -0.207. The van der Waals surface area contributed by atoms with Crippen LogP contribution in [0, 0.1) is 0 Å². The van der Waals surface area contributed by atoms with Crippen LogP contribution in [0.15, 0.2) is 0 Å². The van der Waals surface area contributed by atoms with Crippen molar-refractivity contribution in [1.82, 2.24) is 0 Å². The van der Waals surface area contributed by atoms with E-state index in [0.717, 1.165) is 0 Å². The molecule has 0 radical (unpaired) electrons. The molecule has 0 aliphatic rings. The quantitative estimate of drug-likeness (QED) is 0.372. The van der Waals surface area contributed by atoms with Crippen molar-refractivity contribution in [2.24, 2.45) is 11.5 Å². The monoisotopic (exact) mass is 148 g/mol. The van der Waals surface area contributed by atoms with Crippen LogP contribution in [0.1, 0.15) is 6.42 Å². The van der Waals surface area contributed by atoms with Crippen molar-refractivity contribution in [2.45, 2.75) is 18.5 Å². The van der Waals surface area contributed by atoms with Crippen LogP contribution < -0.4 is 11.5 Å². The summed E-state index contributed by atoms with van der Waals surface area (Å²) in [6.45, 7) is -0.283. The van der Waals surface area contributed by atoms with Gasteiger partial charge in [0.1, 0.15) is 0 Å². The highest BCUT2D eigenvalue weighted by Gasteiger charge is 2.14. The third-order valence-electron chi connectivity index (χ3n) is 1.17. The number of carboxylic acid groups (broad SMARTS) is 1. The summed E-state index contributed by atoms with van der Waals surface area (Å²) in [7, 11) is 0. The van der Waals surface area contributed by atoms with Crippen molar-refractivity contribution in [1.29, 1.82) is 0 Å². The van der Waals surface area contributed by atoms with Crippen LogP contribution in [-0.2, 0) is 4.79 Å². The number of hydrogen-bond donors (Lipinski definition) is 4. The van der Waals surface area contributed by atoms with Gasteiger partial charge in [-0.1, -0.05) is 0 Å². The molecule has 10 heavy (non-hydrogen) atoms. The number of aliphatic hydroxyl groups excluding tert-OH is 1. The van der Waals surface area contributed by atoms with Crippen molar-refractivity contribution < 1.29 is 15.0 Å². The smallest absolute Gasteiger partial charge is 0.304 e. The maximum absolute atomic E-state index is 10.0. The Morgan fingerprint density at radius 3 is 2.20 bits per heavy atom. The first-order chi connectivity index (χ1) is 4.57. The number of carboxylic acids is 1. The molecule has 5 nitrogen and oxygen atoms in total. The van der Waals surface area contributed by atoms with Crippen LogP contribution in [0.25, 0.3) is 0 Å². The molecule has 0 bridgehead atoms. The van der Waals surface area contributed by atoms with Crippen molar-refractivity contribution >= 4 is 5.97 Å². The predicted octanol–water partition coefficient (Wildman–Crippen LogP) is -1.89. The zero-order valence-corrected chi connectivity index (χ0v) is 5.53. The molecule has 0 spiro atoms. The number of hydrogen-bond acceptors (Lipinski definition) is 4. The van der Waals surface area contributed by atoms with Crippen LogP contribution in [0.3, 0.4) is 0 Å². The third kappa shape index (κ3) is 3.39. The maximum Gasteiger partial charge on any atom is 0.304 e. The molecule has 0 aromatic carbocycles. The van der Waals surface area contributed by atoms with E-state index in [9.17, 15) is 4.79 Å². The van der Waals surface area contributed by atoms with Crippen LogP contribution in [0.4, 0.5) is 0 Å². The normalized spacial score (nSPS) is 16.3. The van der Waals surface area contributed by atoms with Gasteiger partial charge in [0.25, 0.3) is 0 Å². The zero-order chi connectivity index (χ0) is 8.15. The van der Waals surface area contributed by atoms with Crippen LogP contribution >= 0.6 is 0 Å². The van der Waals surface area contributed by atoms with Crippen LogP contribution in [-0.4, -0.2) is 34.9 Å². The fourth-order valence-electron chi connectivity index (χ4n) is 0.488. The van der Waals surface area contributed by atoms with Gasteiger partial charge in [-0.2, -0.15) is 0 Å². The van der Waals surface area contributed by atoms with Crippen LogP contribution in [0.2, 0.25) is 0 Å². The van der Waals surface area contributed by atoms with Gasteiger partial charge in [0.05, 0.1) is 13.0 Å². The van der Waals surface area contributed by atoms with Crippen molar-refractivity contribution in [3.05, 3.63) is 0 Å². The molecular formula is C5H12N2O3. The molecule has 60 valence electrons. The SMILES string of the molecule is N[C@@H](CO)[C@@H](N)CC(=O)O. The van der Waals surface area contributed by atoms with E-state index in [2.05, 4.69) is 0 Å². The molecule has 2 atom stereocenters. The molecule has 0 rings (SSSR count). The summed E-state index contributed by atoms with van der Waals surface area (Å²) in [6, 6.07) is -1.31. The highest BCUT2D eigenvalue weighted by molar-refractivity contribution is 5.67. The average Bonchev–Trinajstić information content (AvgIpc) is 1.85. The molecule has 0 saturated carbocycles. The molecule has 0 aliphatic heterocycles. The van der Waals surface area contributed by atoms with Gasteiger partial charge in [-0.15, -0.1) is 0 Å². The third-order valence-corrected chi connectivity index (χ3v) is 1.17. The molecule has 0 saturated heterocycles. The summed E-state index contributed by atoms with van der Waals surface area (Å²) in [5, 5.41) is 16.6. The van der Waals surface area contributed by atoms with Crippen molar-refractivity contribution in [3.8, 4) is 0 Å². The van der Waals surface area contributed by atoms with E-state index in [-0.39, 0.29) is 13.0 Å². The Hall–Kier alpha value is -0.650. The number of carbonyl (C=O) groups is 1. The Bertz CT molecular complexity index is 117. The average molecular weight is 148 g/mol. The van der Waals surface area contributed by atoms with Crippen LogP contribution in [0.5, 0.6) is 0 Å². The number of aliphatic hydroxyl groups is 1. The molecule has 0 aromatic heterocycles. The Kier molecular flexibility index (Phi) is 3.94. The second-order valence-electron chi connectivity index (χ2n) is 2.11. The Labute approximate surface area is 58.6 Å². The minimum absolute atomic E-state index is 0.207. The summed E-state index contributed by atoms with van der Waals surface area (Å²) in [4.78, 5) is 10.0. The summed E-state index contributed by atoms with van der Waals surface area (Å²) in [5.74, 6) is -1.00. The maximum atomic E-state index is 10.0. The lowest BCUT2D eigenvalue weighted by Gasteiger charge is -2.14. The van der Waals surface area contributed by atoms with Gasteiger partial charge in [0.15, 0.2) is 0 Å². The lowest BCUT2D eigenvalue weighted by atomic mass is 10.1. The fourth-order valence-corrected chi connectivity index (χ4v) is 0.488. The molecular weight excluding hydrogens is 136 g/mol. The molecule has 0 aliphatic carbocycles. The second-order valence-corrected chi connectivity index (χ2v) is 2.11. The lowest BCUT2D eigenvalue weighted by molar-refractivity contribution is -0.137. The van der Waals surface area contributed by atoms with E-state index >= 15 is 0 Å². The number of rotatable bonds is 4. The van der Waals surface area contributed by atoms with E-state index in [0.29, 0.717) is 0 Å². The summed E-state index contributed by atoms with van der Waals surface area (Å²) in [5.41, 5.74) is 10.5. The largest absolute Gasteiger partial charge is 0.481 e. The lowest BCUT2D eigenvalue weighted by Crippen LogP contribution is -2.45. The first-order valence-electron chi connectivity index (χ1n) is 2.91. The van der Waals surface area contributed by atoms with Crippen molar-refractivity contribution in [3.63, 3.8) is 0 Å². The molecule has 6 N–H and O–H groups in total. The molecule has 0 fully saturated rings. The fraction of sp³-hybridized carbons (Fsp3) is 0.800. The summed E-state index contributed by atoms with van der Waals surface area (Å²) >= 11 is 0. The van der Waals surface area contributed by atoms with Gasteiger partial charge in [-0.25, -0.2) is 0 Å². The molecule has 5 heteroatoms. The topological polar surface area (TPSA) is 110 Å². The number of nitrogens with two attached hydrogens (primary N) is 2. The number of aliphatic carboxylic acids is 1. The van der Waals surface area contributed by atoms with Gasteiger partial charge in [-0.05, 0) is 0 Å². The highest BCUT2D eigenvalue weighted by Crippen LogP contribution is 1.91. The van der Waals surface area contributed by atoms with Crippen molar-refractivity contribution in [2.75, 3.05) is 6.61 Å². The predicted molar refractivity (Wildman–Crippen MR) is 35.3 cm³/mol. The molecule has 0 unspecified atom stereocenters. The zero-order valence-electron chi connectivity index (χ0n) is 5.53. The van der Waals surface area contributed by atoms with Gasteiger partial charge in [-0.3, -0.25) is 4.79 Å². The van der Waals surface area contributed by atoms with Gasteiger partial charge in [0.2, 0.25) is 0 Å². The Morgan fingerprint density at radius 2 is 1.90 bits per heavy atom.